The summed E-state index contributed by atoms with van der Waals surface area (Å²) in [5.74, 6) is 1.77. The van der Waals surface area contributed by atoms with Crippen molar-refractivity contribution in [3.05, 3.63) is 47.5 Å². The summed E-state index contributed by atoms with van der Waals surface area (Å²) in [5.41, 5.74) is 3.80. The van der Waals surface area contributed by atoms with Gasteiger partial charge in [0.25, 0.3) is 5.82 Å². The summed E-state index contributed by atoms with van der Waals surface area (Å²) in [5, 5.41) is -0.225. The Morgan fingerprint density at radius 1 is 1.08 bits per heavy atom. The number of hydrogen-bond acceptors (Lipinski definition) is 2. The highest BCUT2D eigenvalue weighted by molar-refractivity contribution is 7.77. The molecule has 2 rings (SSSR count). The Balaban J connectivity index is 2.78. The molecule has 0 bridgehead atoms. The van der Waals surface area contributed by atoms with Crippen LogP contribution < -0.4 is 4.57 Å². The Morgan fingerprint density at radius 2 is 1.62 bits per heavy atom. The fourth-order valence-electron chi connectivity index (χ4n) is 3.20. The third kappa shape index (κ3) is 3.69. The largest absolute Gasteiger partial charge is 0.741 e. The highest BCUT2D eigenvalue weighted by atomic mass is 32.1. The van der Waals surface area contributed by atoms with Gasteiger partial charge >= 0.3 is 0 Å². The Hall–Kier alpha value is -1.68. The number of carbonyl (C=O) groups is 1. The van der Waals surface area contributed by atoms with E-state index in [0.717, 1.165) is 5.82 Å². The van der Waals surface area contributed by atoms with Gasteiger partial charge in [-0.1, -0.05) is 45.9 Å². The predicted octanol–water partition coefficient (Wildman–Crippen LogP) is 4.21. The van der Waals surface area contributed by atoms with E-state index in [1.54, 1.807) is 0 Å². The Morgan fingerprint density at radius 3 is 2.04 bits per heavy atom. The zero-order valence-electron chi connectivity index (χ0n) is 15.5. The van der Waals surface area contributed by atoms with E-state index in [-0.39, 0.29) is 17.6 Å². The molecular weight excluding hydrogens is 316 g/mol. The molecule has 1 aromatic carbocycles. The first-order valence-electron chi connectivity index (χ1n) is 8.68. The molecule has 0 saturated carbocycles. The Bertz CT molecular complexity index is 703. The van der Waals surface area contributed by atoms with Crippen LogP contribution in [0.2, 0.25) is 0 Å². The molecule has 24 heavy (non-hydrogen) atoms. The molecule has 0 radical (unpaired) electrons. The van der Waals surface area contributed by atoms with E-state index >= 15 is 0 Å². The molecule has 1 heterocycles. The smallest absolute Gasteiger partial charge is 0.267 e. The van der Waals surface area contributed by atoms with Crippen molar-refractivity contribution in [2.45, 2.75) is 65.8 Å². The van der Waals surface area contributed by atoms with Crippen LogP contribution in [0.25, 0.3) is 5.69 Å². The fraction of sp³-hybridized carbons (Fsp3) is 0.500. The lowest BCUT2D eigenvalue weighted by molar-refractivity contribution is -0.721. The number of hydrogen-bond donors (Lipinski definition) is 0. The first-order valence-corrected chi connectivity index (χ1v) is 9.09. The molecule has 0 aliphatic heterocycles. The summed E-state index contributed by atoms with van der Waals surface area (Å²) in [4.78, 5) is 11.7. The molecule has 0 N–H and O–H groups in total. The molecule has 0 aliphatic rings. The van der Waals surface area contributed by atoms with Crippen molar-refractivity contribution in [3.8, 4) is 5.69 Å². The molecule has 0 amide bonds. The molecular formula is C20H28N2OS. The third-order valence-corrected chi connectivity index (χ3v) is 4.54. The second-order valence-corrected chi connectivity index (χ2v) is 7.68. The number of aromatic nitrogens is 2. The van der Waals surface area contributed by atoms with E-state index in [9.17, 15) is 4.79 Å². The number of para-hydroxylation sites is 1. The van der Waals surface area contributed by atoms with Crippen LogP contribution in [0.3, 0.4) is 0 Å². The van der Waals surface area contributed by atoms with Gasteiger partial charge in [-0.25, -0.2) is 4.57 Å². The van der Waals surface area contributed by atoms with Gasteiger partial charge in [0.05, 0.1) is 12.5 Å². The summed E-state index contributed by atoms with van der Waals surface area (Å²) >= 11 is 4.89. The maximum atomic E-state index is 11.7. The molecule has 0 unspecified atom stereocenters. The molecule has 0 aliphatic carbocycles. The molecule has 3 nitrogen and oxygen atoms in total. The molecule has 130 valence electrons. The summed E-state index contributed by atoms with van der Waals surface area (Å²) in [7, 11) is 0. The van der Waals surface area contributed by atoms with Crippen molar-refractivity contribution < 1.29 is 9.36 Å². The first-order chi connectivity index (χ1) is 11.2. The van der Waals surface area contributed by atoms with Crippen LogP contribution in [0.5, 0.6) is 0 Å². The van der Waals surface area contributed by atoms with Crippen LogP contribution in [0, 0.1) is 0 Å². The van der Waals surface area contributed by atoms with Crippen molar-refractivity contribution in [2.24, 2.45) is 0 Å². The minimum atomic E-state index is -0.225. The second kappa shape index (κ2) is 7.47. The zero-order valence-corrected chi connectivity index (χ0v) is 16.4. The normalized spacial score (nSPS) is 11.7. The van der Waals surface area contributed by atoms with Crippen LogP contribution in [0.1, 0.15) is 76.4 Å². The molecule has 1 aromatic heterocycles. The van der Waals surface area contributed by atoms with Gasteiger partial charge < -0.3 is 17.4 Å². The van der Waals surface area contributed by atoms with Crippen molar-refractivity contribution >= 4 is 17.7 Å². The predicted molar refractivity (Wildman–Crippen MR) is 101 cm³/mol. The van der Waals surface area contributed by atoms with E-state index in [0.29, 0.717) is 11.8 Å². The van der Waals surface area contributed by atoms with Crippen LogP contribution in [-0.2, 0) is 23.8 Å². The standard InChI is InChI=1S/C20H28N2OS/c1-13(2)16-8-7-9-17(14(3)4)20(16)22-11-10-21(15(5)6)18(22)12-19(23)24/h7-11,13-15H,12H2,1-6H3. The van der Waals surface area contributed by atoms with Crippen molar-refractivity contribution in [3.63, 3.8) is 0 Å². The monoisotopic (exact) mass is 344 g/mol. The van der Waals surface area contributed by atoms with E-state index < -0.39 is 0 Å². The lowest BCUT2D eigenvalue weighted by Crippen LogP contribution is -2.40. The average molecular weight is 345 g/mol. The van der Waals surface area contributed by atoms with Gasteiger partial charge in [0.2, 0.25) is 0 Å². The average Bonchev–Trinajstić information content (AvgIpc) is 2.88. The zero-order chi connectivity index (χ0) is 18.0. The molecule has 0 spiro atoms. The van der Waals surface area contributed by atoms with E-state index in [2.05, 4.69) is 81.3 Å². The van der Waals surface area contributed by atoms with Gasteiger partial charge in [0.15, 0.2) is 0 Å². The van der Waals surface area contributed by atoms with Crippen LogP contribution >= 0.6 is 0 Å². The van der Waals surface area contributed by atoms with Gasteiger partial charge in [-0.2, -0.15) is 4.57 Å². The molecule has 2 aromatic rings. The maximum Gasteiger partial charge on any atom is 0.267 e. The van der Waals surface area contributed by atoms with E-state index in [1.165, 1.54) is 16.8 Å². The van der Waals surface area contributed by atoms with Crippen molar-refractivity contribution in [1.82, 2.24) is 4.57 Å². The topological polar surface area (TPSA) is 25.9 Å². The van der Waals surface area contributed by atoms with Crippen LogP contribution in [0.4, 0.5) is 0 Å². The minimum Gasteiger partial charge on any atom is -0.741 e. The van der Waals surface area contributed by atoms with Crippen molar-refractivity contribution in [1.29, 1.82) is 0 Å². The number of rotatable bonds is 6. The summed E-state index contributed by atoms with van der Waals surface area (Å²) in [6, 6.07) is 6.78. The summed E-state index contributed by atoms with van der Waals surface area (Å²) in [6.07, 6.45) is 4.39. The molecule has 0 fully saturated rings. The second-order valence-electron chi connectivity index (χ2n) is 7.23. The van der Waals surface area contributed by atoms with Crippen LogP contribution in [0.15, 0.2) is 30.6 Å². The highest BCUT2D eigenvalue weighted by Gasteiger charge is 2.26. The van der Waals surface area contributed by atoms with Gasteiger partial charge in [-0.05, 0) is 25.7 Å². The summed E-state index contributed by atoms with van der Waals surface area (Å²) < 4.78 is 4.32. The van der Waals surface area contributed by atoms with Gasteiger partial charge in [0.1, 0.15) is 18.1 Å². The number of carbonyl (C=O) groups excluding carboxylic acids is 1. The highest BCUT2D eigenvalue weighted by Crippen LogP contribution is 2.31. The Labute approximate surface area is 151 Å². The van der Waals surface area contributed by atoms with Gasteiger partial charge in [0, 0.05) is 16.2 Å². The minimum absolute atomic E-state index is 0.225. The summed E-state index contributed by atoms with van der Waals surface area (Å²) in [6.45, 7) is 13.1. The SMILES string of the molecule is CC(C)c1cccc(C(C)C)c1-n1cc[n+](C(C)C)c1CC(=O)[S-]. The molecule has 4 heteroatoms. The van der Waals surface area contributed by atoms with E-state index in [4.69, 9.17) is 12.6 Å². The van der Waals surface area contributed by atoms with E-state index in [1.807, 2.05) is 0 Å². The quantitative estimate of drug-likeness (QED) is 0.579. The molecule has 0 saturated heterocycles. The van der Waals surface area contributed by atoms with Gasteiger partial charge in [-0.3, -0.25) is 0 Å². The number of benzene rings is 1. The van der Waals surface area contributed by atoms with Crippen molar-refractivity contribution in [2.75, 3.05) is 0 Å². The van der Waals surface area contributed by atoms with Gasteiger partial charge in [-0.15, -0.1) is 0 Å². The number of imidazole rings is 1. The Kier molecular flexibility index (Phi) is 5.81. The molecule has 0 atom stereocenters. The fourth-order valence-corrected chi connectivity index (χ4v) is 3.33. The lowest BCUT2D eigenvalue weighted by atomic mass is 9.92. The first kappa shape index (κ1) is 18.7. The lowest BCUT2D eigenvalue weighted by Gasteiger charge is -2.18. The van der Waals surface area contributed by atoms with Crippen LogP contribution in [-0.4, -0.2) is 9.68 Å². The maximum absolute atomic E-state index is 11.7. The number of nitrogens with zero attached hydrogens (tertiary/aromatic N) is 2. The third-order valence-electron chi connectivity index (χ3n) is 4.39.